The van der Waals surface area contributed by atoms with Crippen LogP contribution in [0.4, 0.5) is 0 Å². The zero-order chi connectivity index (χ0) is 14.5. The Balaban J connectivity index is 2.42. The monoisotopic (exact) mass is 270 g/mol. The number of ether oxygens (including phenoxy) is 1. The van der Waals surface area contributed by atoms with E-state index in [0.29, 0.717) is 6.54 Å². The van der Waals surface area contributed by atoms with Gasteiger partial charge < -0.3 is 15.8 Å². The number of hydrogen-bond donors (Lipinski definition) is 2. The predicted molar refractivity (Wildman–Crippen MR) is 77.8 cm³/mol. The Morgan fingerprint density at radius 2 is 2.11 bits per heavy atom. The summed E-state index contributed by atoms with van der Waals surface area (Å²) in [6, 6.07) is 0.172. The number of hydrogen-bond acceptors (Lipinski definition) is 3. The molecule has 0 aromatic heterocycles. The summed E-state index contributed by atoms with van der Waals surface area (Å²) in [5.41, 5.74) is 6.13. The third-order valence-electron chi connectivity index (χ3n) is 4.42. The van der Waals surface area contributed by atoms with Crippen molar-refractivity contribution in [3.8, 4) is 0 Å². The Kier molecular flexibility index (Phi) is 6.27. The lowest BCUT2D eigenvalue weighted by Crippen LogP contribution is -2.46. The maximum atomic E-state index is 12.3. The smallest absolute Gasteiger partial charge is 0.223 e. The normalized spacial score (nSPS) is 28.2. The van der Waals surface area contributed by atoms with Gasteiger partial charge in [0.15, 0.2) is 0 Å². The Morgan fingerprint density at radius 1 is 1.42 bits per heavy atom. The molecule has 1 amide bonds. The summed E-state index contributed by atoms with van der Waals surface area (Å²) in [5.74, 6) is 0.547. The van der Waals surface area contributed by atoms with Crippen LogP contribution in [-0.4, -0.2) is 32.2 Å². The van der Waals surface area contributed by atoms with Gasteiger partial charge in [-0.15, -0.1) is 0 Å². The summed E-state index contributed by atoms with van der Waals surface area (Å²) in [6.07, 6.45) is 4.03. The molecule has 0 radical (unpaired) electrons. The lowest BCUT2D eigenvalue weighted by atomic mass is 9.76. The van der Waals surface area contributed by atoms with Gasteiger partial charge in [0.25, 0.3) is 0 Å². The molecule has 3 N–H and O–H groups in total. The number of rotatable bonds is 6. The van der Waals surface area contributed by atoms with Crippen LogP contribution in [0.15, 0.2) is 0 Å². The lowest BCUT2D eigenvalue weighted by Gasteiger charge is -2.34. The van der Waals surface area contributed by atoms with Crippen molar-refractivity contribution >= 4 is 5.91 Å². The summed E-state index contributed by atoms with van der Waals surface area (Å²) in [7, 11) is 1.71. The van der Waals surface area contributed by atoms with Crippen LogP contribution in [-0.2, 0) is 9.53 Å². The molecule has 3 unspecified atom stereocenters. The standard InChI is InChI=1S/C15H30N2O2/c1-11-12(6-5-7-13(11)16)14(18)17-10-15(2,3)8-9-19-4/h11-13H,5-10,16H2,1-4H3,(H,17,18). The van der Waals surface area contributed by atoms with Crippen molar-refractivity contribution in [2.75, 3.05) is 20.3 Å². The van der Waals surface area contributed by atoms with Crippen LogP contribution >= 0.6 is 0 Å². The minimum atomic E-state index is 0.0751. The van der Waals surface area contributed by atoms with Crippen LogP contribution in [0.25, 0.3) is 0 Å². The quantitative estimate of drug-likeness (QED) is 0.775. The fourth-order valence-electron chi connectivity index (χ4n) is 2.69. The first-order valence-corrected chi connectivity index (χ1v) is 7.39. The fourth-order valence-corrected chi connectivity index (χ4v) is 2.69. The van der Waals surface area contributed by atoms with Gasteiger partial charge in [-0.2, -0.15) is 0 Å². The van der Waals surface area contributed by atoms with Crippen molar-refractivity contribution in [1.29, 1.82) is 0 Å². The number of methoxy groups -OCH3 is 1. The Hall–Kier alpha value is -0.610. The largest absolute Gasteiger partial charge is 0.385 e. The molecule has 19 heavy (non-hydrogen) atoms. The van der Waals surface area contributed by atoms with Crippen molar-refractivity contribution in [2.24, 2.45) is 23.0 Å². The van der Waals surface area contributed by atoms with Crippen LogP contribution in [0.2, 0.25) is 0 Å². The highest BCUT2D eigenvalue weighted by Crippen LogP contribution is 2.29. The molecule has 112 valence electrons. The van der Waals surface area contributed by atoms with Gasteiger partial charge in [-0.3, -0.25) is 4.79 Å². The topological polar surface area (TPSA) is 64.3 Å². The molecule has 3 atom stereocenters. The van der Waals surface area contributed by atoms with E-state index in [1.807, 2.05) is 0 Å². The number of carbonyl (C=O) groups is 1. The van der Waals surface area contributed by atoms with Crippen LogP contribution in [0.5, 0.6) is 0 Å². The molecular weight excluding hydrogens is 240 g/mol. The SMILES string of the molecule is COCCC(C)(C)CNC(=O)C1CCCC(N)C1C. The van der Waals surface area contributed by atoms with Crippen molar-refractivity contribution in [2.45, 2.75) is 52.5 Å². The van der Waals surface area contributed by atoms with Crippen LogP contribution in [0.3, 0.4) is 0 Å². The van der Waals surface area contributed by atoms with Gasteiger partial charge in [0.05, 0.1) is 0 Å². The Labute approximate surface area is 117 Å². The summed E-state index contributed by atoms with van der Waals surface area (Å²) in [4.78, 5) is 12.3. The van der Waals surface area contributed by atoms with Gasteiger partial charge in [-0.25, -0.2) is 0 Å². The summed E-state index contributed by atoms with van der Waals surface area (Å²) in [5, 5.41) is 3.10. The number of amides is 1. The second-order valence-corrected chi connectivity index (χ2v) is 6.69. The molecule has 0 aromatic carbocycles. The number of nitrogens with one attached hydrogen (secondary N) is 1. The lowest BCUT2D eigenvalue weighted by molar-refractivity contribution is -0.128. The molecular formula is C15H30N2O2. The van der Waals surface area contributed by atoms with E-state index < -0.39 is 0 Å². The molecule has 1 aliphatic carbocycles. The molecule has 1 aliphatic rings. The predicted octanol–water partition coefficient (Wildman–Crippen LogP) is 1.93. The highest BCUT2D eigenvalue weighted by atomic mass is 16.5. The van der Waals surface area contributed by atoms with E-state index in [4.69, 9.17) is 10.5 Å². The molecule has 1 fully saturated rings. The van der Waals surface area contributed by atoms with Crippen LogP contribution in [0, 0.1) is 17.3 Å². The maximum Gasteiger partial charge on any atom is 0.223 e. The first-order valence-electron chi connectivity index (χ1n) is 7.39. The average Bonchev–Trinajstić information content (AvgIpc) is 2.37. The molecule has 1 rings (SSSR count). The third kappa shape index (κ3) is 5.11. The van der Waals surface area contributed by atoms with Gasteiger partial charge in [0, 0.05) is 32.2 Å². The molecule has 0 aliphatic heterocycles. The molecule has 0 spiro atoms. The second-order valence-electron chi connectivity index (χ2n) is 6.69. The van der Waals surface area contributed by atoms with Gasteiger partial charge in [0.2, 0.25) is 5.91 Å². The van der Waals surface area contributed by atoms with E-state index in [2.05, 4.69) is 26.1 Å². The van der Waals surface area contributed by atoms with E-state index in [1.54, 1.807) is 7.11 Å². The number of carbonyl (C=O) groups excluding carboxylic acids is 1. The van der Waals surface area contributed by atoms with Gasteiger partial charge in [0.1, 0.15) is 0 Å². The summed E-state index contributed by atoms with van der Waals surface area (Å²) < 4.78 is 5.10. The van der Waals surface area contributed by atoms with E-state index in [-0.39, 0.29) is 29.2 Å². The van der Waals surface area contributed by atoms with Crippen molar-refractivity contribution < 1.29 is 9.53 Å². The zero-order valence-corrected chi connectivity index (χ0v) is 12.9. The molecule has 0 aromatic rings. The molecule has 0 heterocycles. The molecule has 4 heteroatoms. The van der Waals surface area contributed by atoms with E-state index >= 15 is 0 Å². The minimum absolute atomic E-state index is 0.0751. The fraction of sp³-hybridized carbons (Fsp3) is 0.933. The van der Waals surface area contributed by atoms with Gasteiger partial charge in [-0.1, -0.05) is 27.2 Å². The Bertz CT molecular complexity index is 292. The third-order valence-corrected chi connectivity index (χ3v) is 4.42. The summed E-state index contributed by atoms with van der Waals surface area (Å²) in [6.45, 7) is 7.84. The van der Waals surface area contributed by atoms with E-state index in [1.165, 1.54) is 0 Å². The van der Waals surface area contributed by atoms with E-state index in [9.17, 15) is 4.79 Å². The van der Waals surface area contributed by atoms with Crippen molar-refractivity contribution in [3.05, 3.63) is 0 Å². The van der Waals surface area contributed by atoms with Crippen LogP contribution in [0.1, 0.15) is 46.5 Å². The molecule has 1 saturated carbocycles. The number of nitrogens with two attached hydrogens (primary N) is 1. The van der Waals surface area contributed by atoms with Gasteiger partial charge >= 0.3 is 0 Å². The zero-order valence-electron chi connectivity index (χ0n) is 12.9. The first kappa shape index (κ1) is 16.4. The minimum Gasteiger partial charge on any atom is -0.385 e. The first-order chi connectivity index (χ1) is 8.87. The van der Waals surface area contributed by atoms with E-state index in [0.717, 1.165) is 32.3 Å². The maximum absolute atomic E-state index is 12.3. The highest BCUT2D eigenvalue weighted by molar-refractivity contribution is 5.79. The van der Waals surface area contributed by atoms with Crippen molar-refractivity contribution in [1.82, 2.24) is 5.32 Å². The second kappa shape index (κ2) is 7.25. The summed E-state index contributed by atoms with van der Waals surface area (Å²) >= 11 is 0. The molecule has 4 nitrogen and oxygen atoms in total. The average molecular weight is 270 g/mol. The highest BCUT2D eigenvalue weighted by Gasteiger charge is 2.33. The van der Waals surface area contributed by atoms with Crippen molar-refractivity contribution in [3.63, 3.8) is 0 Å². The Morgan fingerprint density at radius 3 is 2.74 bits per heavy atom. The molecule has 0 bridgehead atoms. The van der Waals surface area contributed by atoms with Crippen LogP contribution < -0.4 is 11.1 Å². The van der Waals surface area contributed by atoms with Gasteiger partial charge in [-0.05, 0) is 30.6 Å². The molecule has 0 saturated heterocycles.